The maximum atomic E-state index is 11.9. The van der Waals surface area contributed by atoms with E-state index in [1.54, 1.807) is 6.07 Å². The van der Waals surface area contributed by atoms with Gasteiger partial charge in [0, 0.05) is 18.2 Å². The number of non-ortho nitro benzene ring substituents is 1. The minimum absolute atomic E-state index is 0.0322. The van der Waals surface area contributed by atoms with Crippen molar-refractivity contribution in [2.45, 2.75) is 0 Å². The summed E-state index contributed by atoms with van der Waals surface area (Å²) in [4.78, 5) is 28.7. The van der Waals surface area contributed by atoms with Crippen molar-refractivity contribution in [2.75, 3.05) is 0 Å². The van der Waals surface area contributed by atoms with E-state index >= 15 is 0 Å². The maximum Gasteiger partial charge on any atom is 0.274 e. The summed E-state index contributed by atoms with van der Waals surface area (Å²) in [6.07, 6.45) is 2.55. The molecule has 0 saturated heterocycles. The van der Waals surface area contributed by atoms with Crippen molar-refractivity contribution in [3.63, 3.8) is 0 Å². The van der Waals surface area contributed by atoms with Gasteiger partial charge in [-0.2, -0.15) is 0 Å². The Labute approximate surface area is 122 Å². The number of H-pyrrole nitrogens is 1. The van der Waals surface area contributed by atoms with Crippen molar-refractivity contribution in [1.29, 1.82) is 0 Å². The van der Waals surface area contributed by atoms with E-state index in [1.807, 2.05) is 0 Å². The highest BCUT2D eigenvalue weighted by molar-refractivity contribution is 5.79. The lowest BCUT2D eigenvalue weighted by atomic mass is 10.2. The number of furan rings is 1. The number of aliphatic hydroxyl groups excluding tert-OH is 1. The average molecular weight is 299 g/mol. The van der Waals surface area contributed by atoms with E-state index in [2.05, 4.69) is 9.97 Å². The molecule has 0 saturated carbocycles. The number of aromatic amines is 1. The number of nitro benzene ring substituents is 1. The minimum atomic E-state index is -0.578. The van der Waals surface area contributed by atoms with E-state index in [1.165, 1.54) is 36.6 Å². The van der Waals surface area contributed by atoms with Gasteiger partial charge in [-0.3, -0.25) is 14.9 Å². The molecule has 8 nitrogen and oxygen atoms in total. The molecule has 2 heterocycles. The fourth-order valence-corrected chi connectivity index (χ4v) is 1.92. The zero-order valence-electron chi connectivity index (χ0n) is 11.0. The Balaban J connectivity index is 2.10. The predicted octanol–water partition coefficient (Wildman–Crippen LogP) is 2.48. The molecule has 3 rings (SSSR count). The first-order chi connectivity index (χ1) is 10.5. The lowest BCUT2D eigenvalue weighted by Crippen LogP contribution is -2.12. The Morgan fingerprint density at radius 3 is 2.91 bits per heavy atom. The fraction of sp³-hybridized carbons (Fsp3) is 0. The van der Waals surface area contributed by atoms with Gasteiger partial charge in [-0.05, 0) is 18.2 Å². The molecule has 2 aromatic heterocycles. The zero-order valence-corrected chi connectivity index (χ0v) is 11.0. The van der Waals surface area contributed by atoms with Gasteiger partial charge in [0.2, 0.25) is 0 Å². The molecule has 110 valence electrons. The van der Waals surface area contributed by atoms with Gasteiger partial charge in [0.1, 0.15) is 5.69 Å². The number of nitrogens with zero attached hydrogens (tertiary/aromatic N) is 2. The maximum absolute atomic E-state index is 11.9. The normalized spacial score (nSPS) is 11.7. The van der Waals surface area contributed by atoms with Crippen LogP contribution in [0.4, 0.5) is 5.69 Å². The lowest BCUT2D eigenvalue weighted by Gasteiger charge is -2.00. The number of aliphatic hydroxyl groups is 1. The van der Waals surface area contributed by atoms with Gasteiger partial charge in [-0.1, -0.05) is 0 Å². The summed E-state index contributed by atoms with van der Waals surface area (Å²) in [7, 11) is 0. The molecule has 1 aromatic carbocycles. The van der Waals surface area contributed by atoms with Gasteiger partial charge in [-0.15, -0.1) is 0 Å². The second-order valence-electron chi connectivity index (χ2n) is 4.42. The first-order valence-electron chi connectivity index (χ1n) is 6.17. The van der Waals surface area contributed by atoms with Crippen LogP contribution in [0.3, 0.4) is 0 Å². The first kappa shape index (κ1) is 13.6. The first-order valence-corrected chi connectivity index (χ1v) is 6.17. The van der Waals surface area contributed by atoms with Gasteiger partial charge < -0.3 is 14.5 Å². The SMILES string of the molecule is O=c1[nH]c2cc([N+](=O)[O-])ccc2nc1C=C(O)c1ccco1. The molecule has 0 unspecified atom stereocenters. The predicted molar refractivity (Wildman–Crippen MR) is 78.2 cm³/mol. The van der Waals surface area contributed by atoms with Crippen molar-refractivity contribution in [3.8, 4) is 0 Å². The molecule has 8 heteroatoms. The van der Waals surface area contributed by atoms with Gasteiger partial charge in [0.05, 0.1) is 22.2 Å². The molecule has 0 aliphatic rings. The van der Waals surface area contributed by atoms with Crippen LogP contribution < -0.4 is 5.56 Å². The number of hydrogen-bond donors (Lipinski definition) is 2. The summed E-state index contributed by atoms with van der Waals surface area (Å²) in [5.74, 6) is -0.0470. The van der Waals surface area contributed by atoms with E-state index in [0.29, 0.717) is 5.52 Å². The highest BCUT2D eigenvalue weighted by Crippen LogP contribution is 2.18. The fourth-order valence-electron chi connectivity index (χ4n) is 1.92. The number of benzene rings is 1. The van der Waals surface area contributed by atoms with Gasteiger partial charge >= 0.3 is 0 Å². The van der Waals surface area contributed by atoms with E-state index in [-0.39, 0.29) is 28.4 Å². The standard InChI is InChI=1S/C14H9N3O5/c18-12(13-2-1-5-22-13)7-11-14(19)16-10-6-8(17(20)21)3-4-9(10)15-11/h1-7,18H,(H,16,19). The summed E-state index contributed by atoms with van der Waals surface area (Å²) in [5, 5.41) is 20.6. The highest BCUT2D eigenvalue weighted by Gasteiger charge is 2.10. The molecule has 22 heavy (non-hydrogen) atoms. The number of fused-ring (bicyclic) bond motifs is 1. The summed E-state index contributed by atoms with van der Waals surface area (Å²) in [6, 6.07) is 7.06. The minimum Gasteiger partial charge on any atom is -0.504 e. The van der Waals surface area contributed by atoms with E-state index in [0.717, 1.165) is 0 Å². The molecule has 0 atom stereocenters. The van der Waals surface area contributed by atoms with Crippen LogP contribution in [-0.2, 0) is 0 Å². The smallest absolute Gasteiger partial charge is 0.274 e. The third-order valence-electron chi connectivity index (χ3n) is 2.96. The molecule has 0 bridgehead atoms. The van der Waals surface area contributed by atoms with Crippen molar-refractivity contribution < 1.29 is 14.4 Å². The van der Waals surface area contributed by atoms with E-state index in [9.17, 15) is 20.0 Å². The third kappa shape index (κ3) is 2.44. The Bertz CT molecular complexity index is 941. The van der Waals surface area contributed by atoms with Gasteiger partial charge in [-0.25, -0.2) is 4.98 Å². The summed E-state index contributed by atoms with van der Waals surface area (Å²) in [5.41, 5.74) is -0.148. The van der Waals surface area contributed by atoms with Crippen LogP contribution in [0, 0.1) is 10.1 Å². The molecule has 3 aromatic rings. The topological polar surface area (TPSA) is 122 Å². The molecule has 2 N–H and O–H groups in total. The Kier molecular flexibility index (Phi) is 3.18. The summed E-state index contributed by atoms with van der Waals surface area (Å²) < 4.78 is 5.00. The quantitative estimate of drug-likeness (QED) is 0.435. The van der Waals surface area contributed by atoms with Crippen molar-refractivity contribution in [1.82, 2.24) is 9.97 Å². The molecule has 0 radical (unpaired) electrons. The number of nitrogens with one attached hydrogen (secondary N) is 1. The van der Waals surface area contributed by atoms with E-state index < -0.39 is 10.5 Å². The lowest BCUT2D eigenvalue weighted by molar-refractivity contribution is -0.384. The second kappa shape index (κ2) is 5.17. The van der Waals surface area contributed by atoms with Crippen molar-refractivity contribution in [3.05, 3.63) is 68.5 Å². The molecular formula is C14H9N3O5. The average Bonchev–Trinajstić information content (AvgIpc) is 3.01. The van der Waals surface area contributed by atoms with Crippen LogP contribution in [0.25, 0.3) is 22.9 Å². The molecule has 0 spiro atoms. The van der Waals surface area contributed by atoms with Crippen LogP contribution >= 0.6 is 0 Å². The number of rotatable bonds is 3. The highest BCUT2D eigenvalue weighted by atomic mass is 16.6. The molecule has 0 fully saturated rings. The van der Waals surface area contributed by atoms with E-state index in [4.69, 9.17) is 4.42 Å². The molecule has 0 aliphatic carbocycles. The molecule has 0 aliphatic heterocycles. The second-order valence-corrected chi connectivity index (χ2v) is 4.42. The number of aromatic nitrogens is 2. The monoisotopic (exact) mass is 299 g/mol. The summed E-state index contributed by atoms with van der Waals surface area (Å²) in [6.45, 7) is 0. The number of nitro groups is 1. The largest absolute Gasteiger partial charge is 0.504 e. The van der Waals surface area contributed by atoms with Gasteiger partial charge in [0.15, 0.2) is 11.5 Å². The Morgan fingerprint density at radius 1 is 1.41 bits per heavy atom. The van der Waals surface area contributed by atoms with Crippen LogP contribution in [0.1, 0.15) is 11.5 Å². The van der Waals surface area contributed by atoms with Crippen molar-refractivity contribution in [2.24, 2.45) is 0 Å². The van der Waals surface area contributed by atoms with Crippen LogP contribution in [-0.4, -0.2) is 20.0 Å². The van der Waals surface area contributed by atoms with Crippen LogP contribution in [0.5, 0.6) is 0 Å². The van der Waals surface area contributed by atoms with Crippen LogP contribution in [0.15, 0.2) is 45.8 Å². The Morgan fingerprint density at radius 2 is 2.23 bits per heavy atom. The zero-order chi connectivity index (χ0) is 15.7. The Hall–Kier alpha value is -3.42. The third-order valence-corrected chi connectivity index (χ3v) is 2.96. The van der Waals surface area contributed by atoms with Gasteiger partial charge in [0.25, 0.3) is 11.2 Å². The molecular weight excluding hydrogens is 290 g/mol. The summed E-state index contributed by atoms with van der Waals surface area (Å²) >= 11 is 0. The van der Waals surface area contributed by atoms with Crippen LogP contribution in [0.2, 0.25) is 0 Å². The number of hydrogen-bond acceptors (Lipinski definition) is 6. The van der Waals surface area contributed by atoms with Crippen molar-refractivity contribution >= 4 is 28.6 Å². The molecule has 0 amide bonds.